The smallest absolute Gasteiger partial charge is 0.261 e. The quantitative estimate of drug-likeness (QED) is 0.593. The van der Waals surface area contributed by atoms with Crippen LogP contribution in [0.3, 0.4) is 0 Å². The van der Waals surface area contributed by atoms with Gasteiger partial charge in [-0.3, -0.25) is 9.59 Å². The van der Waals surface area contributed by atoms with Crippen LogP contribution in [0.25, 0.3) is 0 Å². The zero-order valence-corrected chi connectivity index (χ0v) is 18.8. The van der Waals surface area contributed by atoms with E-state index in [4.69, 9.17) is 4.74 Å². The number of rotatable bonds is 10. The molecule has 1 atom stereocenters. The summed E-state index contributed by atoms with van der Waals surface area (Å²) in [5.74, 6) is 0.329. The maximum Gasteiger partial charge on any atom is 0.261 e. The summed E-state index contributed by atoms with van der Waals surface area (Å²) in [7, 11) is 0. The number of nitrogens with one attached hydrogen (secondary N) is 1. The predicted octanol–water partition coefficient (Wildman–Crippen LogP) is 4.32. The van der Waals surface area contributed by atoms with Crippen molar-refractivity contribution in [3.8, 4) is 5.75 Å². The number of hydrogen-bond donors (Lipinski definition) is 1. The van der Waals surface area contributed by atoms with Gasteiger partial charge in [0.2, 0.25) is 5.91 Å². The van der Waals surface area contributed by atoms with Crippen molar-refractivity contribution in [3.63, 3.8) is 0 Å². The van der Waals surface area contributed by atoms with Gasteiger partial charge in [-0.1, -0.05) is 60.9 Å². The average molecular weight is 411 g/mol. The Morgan fingerprint density at radius 3 is 2.47 bits per heavy atom. The predicted molar refractivity (Wildman–Crippen MR) is 121 cm³/mol. The van der Waals surface area contributed by atoms with Crippen LogP contribution in [-0.2, 0) is 16.1 Å². The summed E-state index contributed by atoms with van der Waals surface area (Å²) in [5.41, 5.74) is 4.23. The zero-order valence-electron chi connectivity index (χ0n) is 18.8. The number of carbonyl (C=O) groups excluding carboxylic acids is 2. The van der Waals surface area contributed by atoms with Gasteiger partial charge in [-0.15, -0.1) is 0 Å². The molecule has 2 aromatic rings. The van der Waals surface area contributed by atoms with Gasteiger partial charge >= 0.3 is 0 Å². The van der Waals surface area contributed by atoms with Crippen LogP contribution in [-0.4, -0.2) is 35.9 Å². The lowest BCUT2D eigenvalue weighted by Gasteiger charge is -2.29. The van der Waals surface area contributed by atoms with Gasteiger partial charge in [0, 0.05) is 13.1 Å². The van der Waals surface area contributed by atoms with E-state index in [0.717, 1.165) is 35.1 Å². The molecule has 1 unspecified atom stereocenters. The second-order valence-electron chi connectivity index (χ2n) is 7.89. The molecular formula is C25H34N2O3. The van der Waals surface area contributed by atoms with Crippen LogP contribution < -0.4 is 10.1 Å². The molecule has 2 rings (SSSR count). The molecule has 5 heteroatoms. The van der Waals surface area contributed by atoms with Gasteiger partial charge < -0.3 is 15.0 Å². The van der Waals surface area contributed by atoms with Crippen molar-refractivity contribution in [1.82, 2.24) is 10.2 Å². The molecule has 0 aliphatic carbocycles. The molecule has 0 fully saturated rings. The van der Waals surface area contributed by atoms with E-state index in [-0.39, 0.29) is 18.4 Å². The normalized spacial score (nSPS) is 11.6. The van der Waals surface area contributed by atoms with E-state index in [2.05, 4.69) is 12.2 Å². The Labute approximate surface area is 180 Å². The van der Waals surface area contributed by atoms with Gasteiger partial charge in [0.05, 0.1) is 0 Å². The van der Waals surface area contributed by atoms with E-state index >= 15 is 0 Å². The molecule has 5 nitrogen and oxygen atoms in total. The van der Waals surface area contributed by atoms with E-state index in [9.17, 15) is 9.59 Å². The lowest BCUT2D eigenvalue weighted by Crippen LogP contribution is -2.49. The summed E-state index contributed by atoms with van der Waals surface area (Å²) in [6, 6.07) is 13.3. The van der Waals surface area contributed by atoms with Gasteiger partial charge in [-0.2, -0.15) is 0 Å². The number of nitrogens with zero attached hydrogens (tertiary/aromatic N) is 1. The van der Waals surface area contributed by atoms with Gasteiger partial charge in [0.25, 0.3) is 5.91 Å². The third-order valence-corrected chi connectivity index (χ3v) is 5.11. The van der Waals surface area contributed by atoms with Gasteiger partial charge in [-0.25, -0.2) is 0 Å². The fraction of sp³-hybridized carbons (Fsp3) is 0.440. The Balaban J connectivity index is 2.13. The molecule has 0 spiro atoms. The van der Waals surface area contributed by atoms with Gasteiger partial charge in [-0.05, 0) is 51.3 Å². The number of hydrogen-bond acceptors (Lipinski definition) is 3. The molecule has 0 saturated heterocycles. The van der Waals surface area contributed by atoms with Crippen LogP contribution in [0.4, 0.5) is 0 Å². The summed E-state index contributed by atoms with van der Waals surface area (Å²) in [5, 5.41) is 2.93. The minimum atomic E-state index is -0.586. The molecule has 2 amide bonds. The largest absolute Gasteiger partial charge is 0.483 e. The number of ether oxygens (including phenoxy) is 1. The summed E-state index contributed by atoms with van der Waals surface area (Å²) in [6.45, 7) is 10.7. The van der Waals surface area contributed by atoms with E-state index in [1.807, 2.05) is 63.2 Å². The highest BCUT2D eigenvalue weighted by Crippen LogP contribution is 2.19. The highest BCUT2D eigenvalue weighted by Gasteiger charge is 2.26. The van der Waals surface area contributed by atoms with Crippen molar-refractivity contribution < 1.29 is 14.3 Å². The summed E-state index contributed by atoms with van der Waals surface area (Å²) < 4.78 is 5.80. The van der Waals surface area contributed by atoms with Crippen molar-refractivity contribution in [2.75, 3.05) is 13.2 Å². The van der Waals surface area contributed by atoms with Gasteiger partial charge in [0.15, 0.2) is 6.61 Å². The van der Waals surface area contributed by atoms with Crippen LogP contribution in [0, 0.1) is 20.8 Å². The summed E-state index contributed by atoms with van der Waals surface area (Å²) >= 11 is 0. The van der Waals surface area contributed by atoms with Crippen molar-refractivity contribution >= 4 is 11.8 Å². The maximum atomic E-state index is 13.1. The number of amides is 2. The lowest BCUT2D eigenvalue weighted by atomic mass is 10.1. The van der Waals surface area contributed by atoms with Crippen molar-refractivity contribution in [2.24, 2.45) is 0 Å². The van der Waals surface area contributed by atoms with E-state index in [0.29, 0.717) is 18.8 Å². The molecule has 0 aliphatic rings. The lowest BCUT2D eigenvalue weighted by molar-refractivity contribution is -0.142. The molecule has 30 heavy (non-hydrogen) atoms. The molecule has 2 aromatic carbocycles. The third kappa shape index (κ3) is 6.90. The Morgan fingerprint density at radius 2 is 1.80 bits per heavy atom. The van der Waals surface area contributed by atoms with Crippen LogP contribution in [0.2, 0.25) is 0 Å². The SMILES string of the molecule is CCCCNC(=O)C(C)N(Cc1cccc(C)c1)C(=O)COc1ccc(C)cc1C. The zero-order chi connectivity index (χ0) is 22.1. The van der Waals surface area contributed by atoms with Crippen LogP contribution in [0.15, 0.2) is 42.5 Å². The Morgan fingerprint density at radius 1 is 1.07 bits per heavy atom. The van der Waals surface area contributed by atoms with E-state index in [1.165, 1.54) is 0 Å². The first kappa shape index (κ1) is 23.5. The summed E-state index contributed by atoms with van der Waals surface area (Å²) in [4.78, 5) is 27.3. The minimum absolute atomic E-state index is 0.109. The summed E-state index contributed by atoms with van der Waals surface area (Å²) in [6.07, 6.45) is 1.92. The standard InChI is InChI=1S/C25H34N2O3/c1-6-7-13-26-25(29)21(5)27(16-22-10-8-9-18(2)15-22)24(28)17-30-23-12-11-19(3)14-20(23)4/h8-12,14-15,21H,6-7,13,16-17H2,1-5H3,(H,26,29). The molecule has 0 heterocycles. The first-order valence-corrected chi connectivity index (χ1v) is 10.6. The average Bonchev–Trinajstić information content (AvgIpc) is 2.71. The molecule has 0 aromatic heterocycles. The Kier molecular flexibility index (Phi) is 8.90. The Bertz CT molecular complexity index is 863. The van der Waals surface area contributed by atoms with Crippen molar-refractivity contribution in [2.45, 2.75) is 60.0 Å². The van der Waals surface area contributed by atoms with Crippen molar-refractivity contribution in [1.29, 1.82) is 0 Å². The number of carbonyl (C=O) groups is 2. The Hall–Kier alpha value is -2.82. The van der Waals surface area contributed by atoms with Crippen LogP contribution >= 0.6 is 0 Å². The van der Waals surface area contributed by atoms with Crippen molar-refractivity contribution in [3.05, 3.63) is 64.7 Å². The highest BCUT2D eigenvalue weighted by molar-refractivity contribution is 5.88. The van der Waals surface area contributed by atoms with Crippen LogP contribution in [0.5, 0.6) is 5.75 Å². The van der Waals surface area contributed by atoms with Crippen LogP contribution in [0.1, 0.15) is 48.9 Å². The number of benzene rings is 2. The first-order valence-electron chi connectivity index (χ1n) is 10.6. The molecule has 162 valence electrons. The molecule has 0 bridgehead atoms. The molecule has 0 radical (unpaired) electrons. The highest BCUT2D eigenvalue weighted by atomic mass is 16.5. The van der Waals surface area contributed by atoms with E-state index in [1.54, 1.807) is 11.8 Å². The monoisotopic (exact) mass is 410 g/mol. The minimum Gasteiger partial charge on any atom is -0.483 e. The number of aryl methyl sites for hydroxylation is 3. The second kappa shape index (κ2) is 11.4. The maximum absolute atomic E-state index is 13.1. The fourth-order valence-electron chi connectivity index (χ4n) is 3.31. The first-order chi connectivity index (χ1) is 14.3. The van der Waals surface area contributed by atoms with Gasteiger partial charge in [0.1, 0.15) is 11.8 Å². The number of unbranched alkanes of at least 4 members (excludes halogenated alkanes) is 1. The van der Waals surface area contributed by atoms with E-state index < -0.39 is 6.04 Å². The second-order valence-corrected chi connectivity index (χ2v) is 7.89. The fourth-order valence-corrected chi connectivity index (χ4v) is 3.31. The molecule has 0 saturated carbocycles. The molecule has 1 N–H and O–H groups in total. The third-order valence-electron chi connectivity index (χ3n) is 5.11. The topological polar surface area (TPSA) is 58.6 Å². The molecular weight excluding hydrogens is 376 g/mol. The molecule has 0 aliphatic heterocycles.